The number of aromatic hydroxyl groups is 1. The Kier molecular flexibility index (Phi) is 19.0. The molecule has 0 aromatic heterocycles. The summed E-state index contributed by atoms with van der Waals surface area (Å²) in [5.74, 6) is -5.76. The van der Waals surface area contributed by atoms with Crippen LogP contribution in [-0.2, 0) is 30.6 Å². The van der Waals surface area contributed by atoms with E-state index in [9.17, 15) is 56.9 Å². The Morgan fingerprint density at radius 1 is 0.531 bits per heavy atom. The van der Waals surface area contributed by atoms with E-state index in [0.717, 1.165) is 5.56 Å². The minimum absolute atomic E-state index is 0.143. The Labute approximate surface area is 462 Å². The van der Waals surface area contributed by atoms with Crippen LogP contribution < -0.4 is 29.3 Å². The molecule has 2 saturated heterocycles. The highest BCUT2D eigenvalue weighted by Gasteiger charge is 2.51. The van der Waals surface area contributed by atoms with E-state index in [1.807, 2.05) is 30.3 Å². The number of aliphatic carboxylic acids is 2. The molecule has 9 rings (SSSR count). The largest absolute Gasteiger partial charge is 0.507 e. The molecule has 3 amide bonds. The minimum Gasteiger partial charge on any atom is -0.507 e. The predicted molar refractivity (Wildman–Crippen MR) is 286 cm³/mol. The van der Waals surface area contributed by atoms with E-state index in [-0.39, 0.29) is 54.9 Å². The van der Waals surface area contributed by atoms with Crippen LogP contribution in [0.15, 0.2) is 164 Å². The second-order valence-electron chi connectivity index (χ2n) is 19.1. The number of rotatable bonds is 23. The lowest BCUT2D eigenvalue weighted by molar-refractivity contribution is -0.139. The van der Waals surface area contributed by atoms with Crippen LogP contribution >= 0.6 is 0 Å². The Balaban J connectivity index is 0.000000213. The summed E-state index contributed by atoms with van der Waals surface area (Å²) in [4.78, 5) is 63.1. The summed E-state index contributed by atoms with van der Waals surface area (Å²) in [5.41, 5.74) is 3.91. The van der Waals surface area contributed by atoms with Gasteiger partial charge in [-0.2, -0.15) is 0 Å². The number of halogens is 4. The van der Waals surface area contributed by atoms with Crippen molar-refractivity contribution in [2.75, 3.05) is 29.6 Å². The number of carboxylic acid groups (broad SMARTS) is 2. The van der Waals surface area contributed by atoms with Crippen molar-refractivity contribution in [1.82, 2.24) is 5.32 Å². The van der Waals surface area contributed by atoms with E-state index >= 15 is 0 Å². The predicted octanol–water partition coefficient (Wildman–Crippen LogP) is 9.69. The second kappa shape index (κ2) is 26.6. The van der Waals surface area contributed by atoms with Crippen LogP contribution in [0.1, 0.15) is 77.8 Å². The standard InChI is InChI=1S/C33H29F2NO6.C28H26F2N2O7/c34-23-8-6-22(7-9-23)29(37)17-16-28-32(36(33(28)40)25-12-10-24(35)11-13-25)27-15-14-26(41-20-31(38)39)18-30(27)42-19-21-4-2-1-3-5-21;29-17-3-1-16(2-4-17)23(33)12-11-22-27(32(28(22)38)19-7-5-18(30)6-8-19)21-10-9-20(13-24(21)34)39-15-25(35)31-14-26(36)37/h1-15,18,28-29,32,37H,16-17,19-20H2,(H,38,39);1-10,13,22-23,27,33-34H,11-12,14-15H2,(H,31,35)(H,36,37)/t28-,29+,32-;22-,23+,27-/m11/s1. The maximum Gasteiger partial charge on any atom is 0.341 e. The van der Waals surface area contributed by atoms with Crippen LogP contribution in [-0.4, -0.2) is 75.0 Å². The summed E-state index contributed by atoms with van der Waals surface area (Å²) < 4.78 is 70.8. The number of aliphatic hydroxyl groups is 2. The number of ether oxygens (including phenoxy) is 3. The zero-order valence-electron chi connectivity index (χ0n) is 43.1. The van der Waals surface area contributed by atoms with Gasteiger partial charge in [-0.15, -0.1) is 0 Å². The molecular weight excluding hydrogens is 1060 g/mol. The number of aliphatic hydroxyl groups excluding tert-OH is 2. The van der Waals surface area contributed by atoms with Gasteiger partial charge >= 0.3 is 11.9 Å². The summed E-state index contributed by atoms with van der Waals surface area (Å²) in [5, 5.41) is 52.0. The number of β-lactam (4-membered cyclic amide) rings is 2. The smallest absolute Gasteiger partial charge is 0.341 e. The number of carbonyl (C=O) groups excluding carboxylic acids is 3. The zero-order valence-corrected chi connectivity index (χ0v) is 43.1. The third kappa shape index (κ3) is 14.7. The molecule has 20 heteroatoms. The lowest BCUT2D eigenvalue weighted by Gasteiger charge is -2.48. The van der Waals surface area contributed by atoms with E-state index < -0.39 is 97.0 Å². The van der Waals surface area contributed by atoms with Gasteiger partial charge in [-0.1, -0.05) is 54.6 Å². The van der Waals surface area contributed by atoms with Gasteiger partial charge in [-0.25, -0.2) is 22.4 Å². The van der Waals surface area contributed by atoms with E-state index in [2.05, 4.69) is 5.32 Å². The summed E-state index contributed by atoms with van der Waals surface area (Å²) in [7, 11) is 0. The molecule has 420 valence electrons. The first kappa shape index (κ1) is 57.9. The van der Waals surface area contributed by atoms with Crippen molar-refractivity contribution in [3.05, 3.63) is 215 Å². The summed E-state index contributed by atoms with van der Waals surface area (Å²) >= 11 is 0. The van der Waals surface area contributed by atoms with Gasteiger partial charge in [0.25, 0.3) is 5.91 Å². The number of anilines is 2. The Hall–Kier alpha value is -9.27. The third-order valence-corrected chi connectivity index (χ3v) is 13.7. The lowest BCUT2D eigenvalue weighted by atomic mass is 9.78. The van der Waals surface area contributed by atoms with E-state index in [1.54, 1.807) is 23.1 Å². The van der Waals surface area contributed by atoms with Crippen molar-refractivity contribution >= 4 is 41.0 Å². The first-order chi connectivity index (χ1) is 38.9. The molecule has 6 atom stereocenters. The molecular formula is C61H55F4N3O13. The number of hydrogen-bond donors (Lipinski definition) is 6. The molecule has 81 heavy (non-hydrogen) atoms. The molecule has 7 aromatic rings. The fourth-order valence-corrected chi connectivity index (χ4v) is 9.62. The third-order valence-electron chi connectivity index (χ3n) is 13.7. The number of carboxylic acids is 2. The molecule has 0 radical (unpaired) electrons. The van der Waals surface area contributed by atoms with E-state index in [0.29, 0.717) is 45.8 Å². The summed E-state index contributed by atoms with van der Waals surface area (Å²) in [6.45, 7) is -1.36. The number of carbonyl (C=O) groups is 5. The number of amides is 3. The number of benzene rings is 7. The molecule has 2 fully saturated rings. The number of phenols is 1. The van der Waals surface area contributed by atoms with Crippen LogP contribution in [0.4, 0.5) is 28.9 Å². The van der Waals surface area contributed by atoms with Crippen molar-refractivity contribution in [2.24, 2.45) is 11.8 Å². The fourth-order valence-electron chi connectivity index (χ4n) is 9.62. The normalized spacial score (nSPS) is 17.1. The zero-order chi connectivity index (χ0) is 57.7. The molecule has 0 spiro atoms. The molecule has 2 aliphatic rings. The molecule has 0 bridgehead atoms. The molecule has 7 aromatic carbocycles. The summed E-state index contributed by atoms with van der Waals surface area (Å²) in [6, 6.07) is 39.5. The Morgan fingerprint density at radius 3 is 1.44 bits per heavy atom. The van der Waals surface area contributed by atoms with Crippen molar-refractivity contribution in [2.45, 2.75) is 56.6 Å². The Bertz CT molecular complexity index is 3320. The number of phenolic OH excluding ortho intramolecular Hbond substituents is 1. The topological polar surface area (TPSA) is 233 Å². The van der Waals surface area contributed by atoms with Crippen molar-refractivity contribution < 1.29 is 81.3 Å². The van der Waals surface area contributed by atoms with Crippen LogP contribution in [0.5, 0.6) is 23.0 Å². The van der Waals surface area contributed by atoms with Crippen LogP contribution in [0.25, 0.3) is 0 Å². The second-order valence-corrected chi connectivity index (χ2v) is 19.1. The fraction of sp³-hybridized carbons (Fsp3) is 0.230. The quantitative estimate of drug-likeness (QED) is 0.0259. The van der Waals surface area contributed by atoms with Crippen molar-refractivity contribution in [3.63, 3.8) is 0 Å². The van der Waals surface area contributed by atoms with Gasteiger partial charge in [0.15, 0.2) is 13.2 Å². The van der Waals surface area contributed by atoms with Crippen LogP contribution in [0.3, 0.4) is 0 Å². The molecule has 0 unspecified atom stereocenters. The van der Waals surface area contributed by atoms with Crippen molar-refractivity contribution in [1.29, 1.82) is 0 Å². The number of hydrogen-bond acceptors (Lipinski definition) is 11. The maximum atomic E-state index is 13.7. The molecule has 2 heterocycles. The lowest BCUT2D eigenvalue weighted by Crippen LogP contribution is -2.55. The van der Waals surface area contributed by atoms with Gasteiger partial charge in [0.2, 0.25) is 11.8 Å². The minimum atomic E-state index is -1.20. The van der Waals surface area contributed by atoms with Gasteiger partial charge < -0.3 is 54.9 Å². The molecule has 2 aliphatic heterocycles. The maximum absolute atomic E-state index is 13.7. The highest BCUT2D eigenvalue weighted by molar-refractivity contribution is 6.04. The number of nitrogens with one attached hydrogen (secondary N) is 1. The number of nitrogens with zero attached hydrogens (tertiary/aromatic N) is 2. The first-order valence-electron chi connectivity index (χ1n) is 25.6. The molecule has 6 N–H and O–H groups in total. The van der Waals surface area contributed by atoms with E-state index in [4.69, 9.17) is 24.4 Å². The molecule has 16 nitrogen and oxygen atoms in total. The van der Waals surface area contributed by atoms with Gasteiger partial charge in [0.1, 0.15) is 59.4 Å². The highest BCUT2D eigenvalue weighted by Crippen LogP contribution is 2.51. The highest BCUT2D eigenvalue weighted by atomic mass is 19.1. The monoisotopic (exact) mass is 1110 g/mol. The molecule has 0 aliphatic carbocycles. The summed E-state index contributed by atoms with van der Waals surface area (Å²) in [6.07, 6.45) is -0.829. The van der Waals surface area contributed by atoms with Crippen molar-refractivity contribution in [3.8, 4) is 23.0 Å². The van der Waals surface area contributed by atoms with Crippen LogP contribution in [0, 0.1) is 35.1 Å². The molecule has 0 saturated carbocycles. The van der Waals surface area contributed by atoms with Gasteiger partial charge in [-0.3, -0.25) is 19.2 Å². The van der Waals surface area contributed by atoms with E-state index in [1.165, 1.54) is 120 Å². The van der Waals surface area contributed by atoms with Crippen LogP contribution in [0.2, 0.25) is 0 Å². The Morgan fingerprint density at radius 2 is 0.975 bits per heavy atom. The van der Waals surface area contributed by atoms with Gasteiger partial charge in [0, 0.05) is 34.6 Å². The average Bonchev–Trinajstić information content (AvgIpc) is 3.34. The first-order valence-corrected chi connectivity index (χ1v) is 25.6. The van der Waals surface area contributed by atoms with Gasteiger partial charge in [-0.05, 0) is 139 Å². The average molecular weight is 1110 g/mol. The van der Waals surface area contributed by atoms with Gasteiger partial charge in [0.05, 0.1) is 36.1 Å². The SMILES string of the molecule is O=C(O)CNC(=O)COc1ccc([C@@H]2[C@@H](CC[C@H](O)c3ccc(F)cc3)C(=O)N2c2ccc(F)cc2)c(O)c1.O=C(O)COc1ccc([C@@H]2[C@@H](CC[C@H](O)c3ccc(F)cc3)C(=O)N2c2ccc(F)cc2)c(OCc2ccccc2)c1.